The molecule has 2 aromatic rings. The van der Waals surface area contributed by atoms with Crippen LogP contribution in [0.2, 0.25) is 0 Å². The second kappa shape index (κ2) is 8.60. The van der Waals surface area contributed by atoms with E-state index < -0.39 is 0 Å². The summed E-state index contributed by atoms with van der Waals surface area (Å²) in [6.45, 7) is 7.85. The molecular weight excluding hydrogens is 354 g/mol. The number of anilines is 1. The van der Waals surface area contributed by atoms with Crippen molar-refractivity contribution in [3.63, 3.8) is 0 Å². The molecule has 0 radical (unpaired) electrons. The van der Waals surface area contributed by atoms with Crippen molar-refractivity contribution in [2.75, 3.05) is 32.1 Å². The molecule has 2 atom stereocenters. The number of hydrogen-bond acceptors (Lipinski definition) is 7. The van der Waals surface area contributed by atoms with Crippen LogP contribution in [0.5, 0.6) is 0 Å². The van der Waals surface area contributed by atoms with Crippen LogP contribution in [0.1, 0.15) is 53.2 Å². The molecule has 150 valence electrons. The second-order valence-corrected chi connectivity index (χ2v) is 7.51. The van der Waals surface area contributed by atoms with Gasteiger partial charge in [0.2, 0.25) is 5.82 Å². The molecule has 1 saturated heterocycles. The molecule has 0 aliphatic carbocycles. The van der Waals surface area contributed by atoms with Crippen LogP contribution in [-0.2, 0) is 0 Å². The Balaban J connectivity index is 1.75. The van der Waals surface area contributed by atoms with E-state index in [1.54, 1.807) is 20.4 Å². The lowest BCUT2D eigenvalue weighted by Gasteiger charge is -2.24. The van der Waals surface area contributed by atoms with E-state index in [-0.39, 0.29) is 17.8 Å². The predicted octanol–water partition coefficient (Wildman–Crippen LogP) is 1.90. The van der Waals surface area contributed by atoms with Crippen LogP contribution in [0.25, 0.3) is 0 Å². The number of carbonyl (C=O) groups is 1. The lowest BCUT2D eigenvalue weighted by Crippen LogP contribution is -2.36. The van der Waals surface area contributed by atoms with E-state index in [1.165, 1.54) is 4.90 Å². The zero-order chi connectivity index (χ0) is 20.3. The fourth-order valence-electron chi connectivity index (χ4n) is 3.53. The summed E-state index contributed by atoms with van der Waals surface area (Å²) in [5.74, 6) is 0.943. The summed E-state index contributed by atoms with van der Waals surface area (Å²) in [6.07, 6.45) is 7.29. The molecule has 3 heterocycles. The van der Waals surface area contributed by atoms with Gasteiger partial charge in [-0.25, -0.2) is 19.9 Å². The van der Waals surface area contributed by atoms with Gasteiger partial charge in [0, 0.05) is 68.5 Å². The zero-order valence-electron chi connectivity index (χ0n) is 17.3. The Morgan fingerprint density at radius 3 is 2.64 bits per heavy atom. The van der Waals surface area contributed by atoms with Gasteiger partial charge in [-0.05, 0) is 26.7 Å². The van der Waals surface area contributed by atoms with Gasteiger partial charge in [0.1, 0.15) is 12.1 Å². The summed E-state index contributed by atoms with van der Waals surface area (Å²) in [7, 11) is 3.43. The normalized spacial score (nSPS) is 17.6. The van der Waals surface area contributed by atoms with E-state index in [0.29, 0.717) is 6.04 Å². The molecule has 1 fully saturated rings. The van der Waals surface area contributed by atoms with Crippen molar-refractivity contribution in [3.8, 4) is 0 Å². The van der Waals surface area contributed by atoms with E-state index in [1.807, 2.05) is 26.2 Å². The third kappa shape index (κ3) is 4.27. The Bertz CT molecular complexity index is 825. The number of nitrogens with zero attached hydrogens (tertiary/aromatic N) is 6. The van der Waals surface area contributed by atoms with Crippen LogP contribution in [0.15, 0.2) is 18.7 Å². The number of hydrogen-bond donors (Lipinski definition) is 1. The summed E-state index contributed by atoms with van der Waals surface area (Å²) in [4.78, 5) is 33.4. The quantitative estimate of drug-likeness (QED) is 0.815. The van der Waals surface area contributed by atoms with Gasteiger partial charge in [0.25, 0.3) is 5.91 Å². The number of nitrogens with one attached hydrogen (secondary N) is 1. The van der Waals surface area contributed by atoms with Gasteiger partial charge >= 0.3 is 0 Å². The van der Waals surface area contributed by atoms with E-state index in [9.17, 15) is 4.79 Å². The SMILES string of the molecule is CCC(N[C@@H]1CCN(c2nc(C(=O)N(C)C)nc(C)c2C)C1)c1cncnc1. The molecule has 1 aliphatic heterocycles. The van der Waals surface area contributed by atoms with Crippen LogP contribution in [0.3, 0.4) is 0 Å². The number of carbonyl (C=O) groups excluding carboxylic acids is 1. The summed E-state index contributed by atoms with van der Waals surface area (Å²) in [6, 6.07) is 0.568. The van der Waals surface area contributed by atoms with Crippen LogP contribution in [0.4, 0.5) is 5.82 Å². The van der Waals surface area contributed by atoms with Gasteiger partial charge in [-0.3, -0.25) is 4.79 Å². The van der Waals surface area contributed by atoms with Crippen molar-refractivity contribution < 1.29 is 4.79 Å². The molecule has 0 aromatic carbocycles. The van der Waals surface area contributed by atoms with Gasteiger partial charge in [-0.15, -0.1) is 0 Å². The van der Waals surface area contributed by atoms with E-state index in [0.717, 1.165) is 48.6 Å². The standard InChI is InChI=1S/C20H29N7O/c1-6-17(15-9-21-12-22-10-15)24-16-7-8-27(11-16)19-13(2)14(3)23-18(25-19)20(28)26(4)5/h9-10,12,16-17,24H,6-8,11H2,1-5H3/t16-,17?/m1/s1. The molecule has 2 aromatic heterocycles. The monoisotopic (exact) mass is 383 g/mol. The first kappa shape index (κ1) is 20.1. The van der Waals surface area contributed by atoms with Gasteiger partial charge in [0.05, 0.1) is 0 Å². The second-order valence-electron chi connectivity index (χ2n) is 7.51. The van der Waals surface area contributed by atoms with Crippen LogP contribution in [0, 0.1) is 13.8 Å². The summed E-state index contributed by atoms with van der Waals surface area (Å²) < 4.78 is 0. The van der Waals surface area contributed by atoms with Gasteiger partial charge in [-0.1, -0.05) is 6.92 Å². The maximum Gasteiger partial charge on any atom is 0.291 e. The Labute approximate surface area is 166 Å². The van der Waals surface area contributed by atoms with E-state index in [2.05, 4.69) is 37.1 Å². The van der Waals surface area contributed by atoms with Crippen LogP contribution >= 0.6 is 0 Å². The molecule has 1 amide bonds. The number of amides is 1. The third-order valence-electron chi connectivity index (χ3n) is 5.28. The third-order valence-corrected chi connectivity index (χ3v) is 5.28. The minimum Gasteiger partial charge on any atom is -0.355 e. The molecule has 0 bridgehead atoms. The molecule has 8 heteroatoms. The Hall–Kier alpha value is -2.61. The number of aromatic nitrogens is 4. The van der Waals surface area contributed by atoms with Gasteiger partial charge < -0.3 is 15.1 Å². The van der Waals surface area contributed by atoms with Crippen LogP contribution in [-0.4, -0.2) is 64.0 Å². The minimum absolute atomic E-state index is 0.173. The van der Waals surface area contributed by atoms with Gasteiger partial charge in [0.15, 0.2) is 0 Å². The molecule has 1 aliphatic rings. The Morgan fingerprint density at radius 2 is 2.00 bits per heavy atom. The first-order valence-corrected chi connectivity index (χ1v) is 9.73. The maximum atomic E-state index is 12.3. The first-order chi connectivity index (χ1) is 13.4. The summed E-state index contributed by atoms with van der Waals surface area (Å²) in [5, 5.41) is 3.73. The van der Waals surface area contributed by atoms with Crippen molar-refractivity contribution in [3.05, 3.63) is 41.4 Å². The van der Waals surface area contributed by atoms with E-state index in [4.69, 9.17) is 0 Å². The highest BCUT2D eigenvalue weighted by Crippen LogP contribution is 2.26. The molecule has 0 spiro atoms. The van der Waals surface area contributed by atoms with Gasteiger partial charge in [-0.2, -0.15) is 0 Å². The van der Waals surface area contributed by atoms with Crippen molar-refractivity contribution in [2.24, 2.45) is 0 Å². The lowest BCUT2D eigenvalue weighted by atomic mass is 10.1. The highest BCUT2D eigenvalue weighted by atomic mass is 16.2. The average molecular weight is 384 g/mol. The lowest BCUT2D eigenvalue weighted by molar-refractivity contribution is 0.0815. The minimum atomic E-state index is -0.173. The molecule has 28 heavy (non-hydrogen) atoms. The number of aryl methyl sites for hydroxylation is 1. The summed E-state index contributed by atoms with van der Waals surface area (Å²) in [5.41, 5.74) is 2.98. The predicted molar refractivity (Wildman–Crippen MR) is 108 cm³/mol. The topological polar surface area (TPSA) is 87.1 Å². The van der Waals surface area contributed by atoms with Crippen molar-refractivity contribution in [1.29, 1.82) is 0 Å². The summed E-state index contributed by atoms with van der Waals surface area (Å²) >= 11 is 0. The molecular formula is C20H29N7O. The Kier molecular flexibility index (Phi) is 6.18. The Morgan fingerprint density at radius 1 is 1.29 bits per heavy atom. The van der Waals surface area contributed by atoms with Crippen LogP contribution < -0.4 is 10.2 Å². The molecule has 1 N–H and O–H groups in total. The molecule has 0 saturated carbocycles. The highest BCUT2D eigenvalue weighted by molar-refractivity contribution is 5.90. The highest BCUT2D eigenvalue weighted by Gasteiger charge is 2.28. The average Bonchev–Trinajstić information content (AvgIpc) is 3.16. The van der Waals surface area contributed by atoms with E-state index >= 15 is 0 Å². The fraction of sp³-hybridized carbons (Fsp3) is 0.550. The van der Waals surface area contributed by atoms with Crippen molar-refractivity contribution >= 4 is 11.7 Å². The maximum absolute atomic E-state index is 12.3. The molecule has 3 rings (SSSR count). The number of rotatable bonds is 6. The largest absolute Gasteiger partial charge is 0.355 e. The smallest absolute Gasteiger partial charge is 0.291 e. The fourth-order valence-corrected chi connectivity index (χ4v) is 3.53. The first-order valence-electron chi connectivity index (χ1n) is 9.73. The van der Waals surface area contributed by atoms with Crippen molar-refractivity contribution in [1.82, 2.24) is 30.2 Å². The molecule has 1 unspecified atom stereocenters. The zero-order valence-corrected chi connectivity index (χ0v) is 17.3. The van der Waals surface area contributed by atoms with Crippen molar-refractivity contribution in [2.45, 2.75) is 45.7 Å². The molecule has 8 nitrogen and oxygen atoms in total.